The summed E-state index contributed by atoms with van der Waals surface area (Å²) in [6.07, 6.45) is 2.97. The fourth-order valence-electron chi connectivity index (χ4n) is 2.64. The molecular formula is C17H30BNO4. The number of rotatable bonds is 3. The molecule has 0 aromatic carbocycles. The number of esters is 1. The quantitative estimate of drug-likeness (QED) is 0.590. The highest BCUT2D eigenvalue weighted by molar-refractivity contribution is 6.54. The molecule has 6 heteroatoms. The Balaban J connectivity index is 1.89. The molecule has 2 rings (SSSR count). The van der Waals surface area contributed by atoms with Crippen LogP contribution in [0.3, 0.4) is 0 Å². The zero-order valence-corrected chi connectivity index (χ0v) is 15.6. The molecule has 0 spiro atoms. The molecule has 2 heterocycles. The summed E-state index contributed by atoms with van der Waals surface area (Å²) >= 11 is 0. The fraction of sp³-hybridized carbons (Fsp3) is 0.824. The van der Waals surface area contributed by atoms with Gasteiger partial charge in [0, 0.05) is 13.1 Å². The second kappa shape index (κ2) is 6.23. The number of hydrogen-bond acceptors (Lipinski definition) is 5. The highest BCUT2D eigenvalue weighted by Crippen LogP contribution is 2.39. The second-order valence-electron chi connectivity index (χ2n) is 8.44. The number of carbonyl (C=O) groups is 1. The molecule has 2 aliphatic rings. The van der Waals surface area contributed by atoms with Gasteiger partial charge in [-0.15, -0.1) is 0 Å². The zero-order valence-electron chi connectivity index (χ0n) is 15.6. The van der Waals surface area contributed by atoms with Crippen molar-refractivity contribution in [3.63, 3.8) is 0 Å². The molecule has 0 unspecified atom stereocenters. The van der Waals surface area contributed by atoms with E-state index in [0.29, 0.717) is 6.54 Å². The molecule has 1 saturated heterocycles. The number of ether oxygens (including phenoxy) is 1. The zero-order chi connectivity index (χ0) is 17.5. The van der Waals surface area contributed by atoms with E-state index in [1.54, 1.807) is 0 Å². The minimum atomic E-state index is -0.434. The lowest BCUT2D eigenvalue weighted by molar-refractivity contribution is -0.156. The largest absolute Gasteiger partial charge is 0.490 e. The summed E-state index contributed by atoms with van der Waals surface area (Å²) in [5, 5.41) is 0. The van der Waals surface area contributed by atoms with Gasteiger partial charge in [-0.05, 0) is 60.4 Å². The lowest BCUT2D eigenvalue weighted by atomic mass is 9.75. The molecule has 0 aromatic heterocycles. The molecule has 1 fully saturated rings. The summed E-state index contributed by atoms with van der Waals surface area (Å²) in [7, 11) is -0.274. The Hall–Kier alpha value is -0.845. The van der Waals surface area contributed by atoms with Gasteiger partial charge in [0.15, 0.2) is 0 Å². The van der Waals surface area contributed by atoms with E-state index < -0.39 is 5.60 Å². The van der Waals surface area contributed by atoms with E-state index >= 15 is 0 Å². The van der Waals surface area contributed by atoms with Crippen LogP contribution in [0, 0.1) is 0 Å². The molecular weight excluding hydrogens is 293 g/mol. The third-order valence-corrected chi connectivity index (χ3v) is 4.66. The molecule has 5 nitrogen and oxygen atoms in total. The highest BCUT2D eigenvalue weighted by Gasteiger charge is 2.52. The van der Waals surface area contributed by atoms with Crippen LogP contribution in [0.1, 0.15) is 54.9 Å². The lowest BCUT2D eigenvalue weighted by Crippen LogP contribution is -2.41. The maximum absolute atomic E-state index is 11.9. The first-order valence-corrected chi connectivity index (χ1v) is 8.38. The van der Waals surface area contributed by atoms with Crippen LogP contribution in [-0.2, 0) is 18.8 Å². The van der Waals surface area contributed by atoms with Crippen LogP contribution in [-0.4, -0.2) is 54.4 Å². The van der Waals surface area contributed by atoms with E-state index in [0.717, 1.165) is 19.5 Å². The molecule has 0 bridgehead atoms. The Bertz CT molecular complexity index is 477. The smallest absolute Gasteiger partial charge is 0.459 e. The van der Waals surface area contributed by atoms with Crippen molar-refractivity contribution >= 4 is 13.1 Å². The van der Waals surface area contributed by atoms with E-state index in [2.05, 4.69) is 38.7 Å². The van der Waals surface area contributed by atoms with Crippen LogP contribution in [0.2, 0.25) is 0 Å². The van der Waals surface area contributed by atoms with Gasteiger partial charge in [0.05, 0.1) is 17.7 Å². The lowest BCUT2D eigenvalue weighted by Gasteiger charge is -2.32. The van der Waals surface area contributed by atoms with Crippen molar-refractivity contribution < 1.29 is 18.8 Å². The summed E-state index contributed by atoms with van der Waals surface area (Å²) < 4.78 is 17.5. The van der Waals surface area contributed by atoms with Gasteiger partial charge in [0.1, 0.15) is 5.60 Å². The molecule has 2 aliphatic heterocycles. The van der Waals surface area contributed by atoms with E-state index in [1.165, 1.54) is 5.47 Å². The molecule has 130 valence electrons. The Labute approximate surface area is 140 Å². The normalized spacial score (nSPS) is 24.5. The van der Waals surface area contributed by atoms with E-state index in [9.17, 15) is 4.79 Å². The molecule has 0 aliphatic carbocycles. The maximum atomic E-state index is 11.9. The summed E-state index contributed by atoms with van der Waals surface area (Å²) in [4.78, 5) is 14.0. The average Bonchev–Trinajstić information content (AvgIpc) is 2.56. The Morgan fingerprint density at radius 3 is 2.26 bits per heavy atom. The Morgan fingerprint density at radius 1 is 1.26 bits per heavy atom. The molecule has 0 atom stereocenters. The second-order valence-corrected chi connectivity index (χ2v) is 8.44. The van der Waals surface area contributed by atoms with E-state index in [-0.39, 0.29) is 24.3 Å². The van der Waals surface area contributed by atoms with Gasteiger partial charge >= 0.3 is 13.1 Å². The van der Waals surface area contributed by atoms with E-state index in [4.69, 9.17) is 14.0 Å². The molecule has 0 radical (unpaired) electrons. The van der Waals surface area contributed by atoms with Gasteiger partial charge in [-0.1, -0.05) is 6.08 Å². The number of carbonyl (C=O) groups excluding carboxylic acids is 1. The first-order chi connectivity index (χ1) is 10.4. The maximum Gasteiger partial charge on any atom is 0.490 e. The monoisotopic (exact) mass is 323 g/mol. The van der Waals surface area contributed by atoms with Crippen molar-refractivity contribution in [3.05, 3.63) is 11.5 Å². The van der Waals surface area contributed by atoms with Crippen LogP contribution in [0.25, 0.3) is 0 Å². The van der Waals surface area contributed by atoms with Crippen LogP contribution < -0.4 is 0 Å². The van der Waals surface area contributed by atoms with Crippen molar-refractivity contribution in [2.75, 3.05) is 19.6 Å². The third-order valence-electron chi connectivity index (χ3n) is 4.66. The summed E-state index contributed by atoms with van der Waals surface area (Å²) in [6, 6.07) is 0. The van der Waals surface area contributed by atoms with Crippen LogP contribution >= 0.6 is 0 Å². The van der Waals surface area contributed by atoms with Gasteiger partial charge in [-0.25, -0.2) is 0 Å². The summed E-state index contributed by atoms with van der Waals surface area (Å²) in [6.45, 7) is 15.8. The standard InChI is InChI=1S/C17H30BNO4/c1-15(2,3)21-14(20)12-19-10-8-13(9-11-19)18-22-16(4,5)17(6,7)23-18/h8H,9-12H2,1-7H3. The first-order valence-electron chi connectivity index (χ1n) is 8.38. The van der Waals surface area contributed by atoms with E-state index in [1.807, 2.05) is 20.8 Å². The van der Waals surface area contributed by atoms with Crippen molar-refractivity contribution in [1.29, 1.82) is 0 Å². The average molecular weight is 323 g/mol. The molecule has 0 N–H and O–H groups in total. The van der Waals surface area contributed by atoms with Crippen molar-refractivity contribution in [1.82, 2.24) is 4.90 Å². The summed E-state index contributed by atoms with van der Waals surface area (Å²) in [5.74, 6) is -0.176. The molecule has 23 heavy (non-hydrogen) atoms. The van der Waals surface area contributed by atoms with Crippen molar-refractivity contribution in [2.45, 2.75) is 71.7 Å². The van der Waals surface area contributed by atoms with Crippen molar-refractivity contribution in [3.8, 4) is 0 Å². The van der Waals surface area contributed by atoms with Gasteiger partial charge in [0.2, 0.25) is 0 Å². The fourth-order valence-corrected chi connectivity index (χ4v) is 2.64. The minimum absolute atomic E-state index is 0.176. The summed E-state index contributed by atoms with van der Waals surface area (Å²) in [5.41, 5.74) is 0.110. The Morgan fingerprint density at radius 2 is 1.83 bits per heavy atom. The molecule has 0 amide bonds. The van der Waals surface area contributed by atoms with Crippen LogP contribution in [0.15, 0.2) is 11.5 Å². The predicted molar refractivity (Wildman–Crippen MR) is 91.1 cm³/mol. The topological polar surface area (TPSA) is 48.0 Å². The molecule has 0 saturated carbocycles. The number of nitrogens with zero attached hydrogens (tertiary/aromatic N) is 1. The first kappa shape index (κ1) is 18.5. The van der Waals surface area contributed by atoms with Gasteiger partial charge < -0.3 is 14.0 Å². The van der Waals surface area contributed by atoms with Gasteiger partial charge in [-0.3, -0.25) is 9.69 Å². The Kier molecular flexibility index (Phi) is 5.01. The minimum Gasteiger partial charge on any atom is -0.459 e. The third kappa shape index (κ3) is 4.58. The van der Waals surface area contributed by atoms with Gasteiger partial charge in [0.25, 0.3) is 0 Å². The SMILES string of the molecule is CC(C)(C)OC(=O)CN1CC=C(B2OC(C)(C)C(C)(C)O2)CC1. The van der Waals surface area contributed by atoms with Crippen LogP contribution in [0.5, 0.6) is 0 Å². The van der Waals surface area contributed by atoms with Gasteiger partial charge in [-0.2, -0.15) is 0 Å². The van der Waals surface area contributed by atoms with Crippen molar-refractivity contribution in [2.24, 2.45) is 0 Å². The van der Waals surface area contributed by atoms with Crippen LogP contribution in [0.4, 0.5) is 0 Å². The highest BCUT2D eigenvalue weighted by atomic mass is 16.7. The number of hydrogen-bond donors (Lipinski definition) is 0. The molecule has 0 aromatic rings. The predicted octanol–water partition coefficient (Wildman–Crippen LogP) is 2.59.